The number of ether oxygens (including phenoxy) is 1. The predicted octanol–water partition coefficient (Wildman–Crippen LogP) is 2.92. The van der Waals surface area contributed by atoms with Gasteiger partial charge in [-0.25, -0.2) is 4.79 Å². The van der Waals surface area contributed by atoms with Gasteiger partial charge < -0.3 is 9.72 Å². The van der Waals surface area contributed by atoms with Crippen LogP contribution in [0.3, 0.4) is 0 Å². The second-order valence-corrected chi connectivity index (χ2v) is 3.91. The molecule has 15 heavy (non-hydrogen) atoms. The molecule has 1 N–H and O–H groups in total. The molecule has 2 aromatic heterocycles. The molecule has 0 bridgehead atoms. The third-order valence-corrected chi connectivity index (χ3v) is 2.90. The lowest BCUT2D eigenvalue weighted by atomic mass is 10.2. The highest BCUT2D eigenvalue weighted by atomic mass is 32.1. The molecular formula is C11H11NO2S. The van der Waals surface area contributed by atoms with Gasteiger partial charge in [-0.1, -0.05) is 6.07 Å². The third kappa shape index (κ3) is 1.94. The summed E-state index contributed by atoms with van der Waals surface area (Å²) in [4.78, 5) is 15.7. The van der Waals surface area contributed by atoms with Crippen molar-refractivity contribution in [2.24, 2.45) is 0 Å². The highest BCUT2D eigenvalue weighted by Gasteiger charge is 2.15. The molecule has 0 atom stereocenters. The number of esters is 1. The van der Waals surface area contributed by atoms with Crippen molar-refractivity contribution in [2.75, 3.05) is 6.61 Å². The highest BCUT2D eigenvalue weighted by molar-refractivity contribution is 7.13. The number of carbonyl (C=O) groups excluding carboxylic acids is 1. The van der Waals surface area contributed by atoms with Gasteiger partial charge >= 0.3 is 5.97 Å². The predicted molar refractivity (Wildman–Crippen MR) is 60.1 cm³/mol. The fourth-order valence-electron chi connectivity index (χ4n) is 1.37. The summed E-state index contributed by atoms with van der Waals surface area (Å²) >= 11 is 1.59. The zero-order chi connectivity index (χ0) is 10.7. The van der Waals surface area contributed by atoms with E-state index in [1.807, 2.05) is 17.5 Å². The maximum atomic E-state index is 11.6. The molecule has 0 aliphatic carbocycles. The van der Waals surface area contributed by atoms with E-state index in [2.05, 4.69) is 4.98 Å². The first kappa shape index (κ1) is 9.98. The Bertz CT molecular complexity index is 445. The van der Waals surface area contributed by atoms with Crippen molar-refractivity contribution in [1.29, 1.82) is 0 Å². The molecule has 0 saturated carbocycles. The van der Waals surface area contributed by atoms with Crippen LogP contribution in [0.25, 0.3) is 10.6 Å². The van der Waals surface area contributed by atoms with Crippen molar-refractivity contribution in [2.45, 2.75) is 6.92 Å². The SMILES string of the molecule is CCOC(=O)c1cc[nH]c1-c1cccs1. The second kappa shape index (κ2) is 4.31. The molecule has 0 fully saturated rings. The molecule has 0 amide bonds. The van der Waals surface area contributed by atoms with Gasteiger partial charge in [0.15, 0.2) is 0 Å². The molecule has 0 aliphatic rings. The van der Waals surface area contributed by atoms with E-state index in [-0.39, 0.29) is 5.97 Å². The van der Waals surface area contributed by atoms with Crippen LogP contribution in [0, 0.1) is 0 Å². The van der Waals surface area contributed by atoms with Gasteiger partial charge in [0.05, 0.1) is 22.7 Å². The van der Waals surface area contributed by atoms with Crippen LogP contribution in [0.5, 0.6) is 0 Å². The van der Waals surface area contributed by atoms with E-state index in [0.717, 1.165) is 10.6 Å². The average molecular weight is 221 g/mol. The van der Waals surface area contributed by atoms with Crippen LogP contribution >= 0.6 is 11.3 Å². The van der Waals surface area contributed by atoms with Gasteiger partial charge in [-0.15, -0.1) is 11.3 Å². The van der Waals surface area contributed by atoms with Crippen LogP contribution in [0.4, 0.5) is 0 Å². The Morgan fingerprint density at radius 3 is 3.07 bits per heavy atom. The molecule has 2 heterocycles. The third-order valence-electron chi connectivity index (χ3n) is 2.01. The minimum atomic E-state index is -0.276. The van der Waals surface area contributed by atoms with Crippen molar-refractivity contribution in [1.82, 2.24) is 4.98 Å². The van der Waals surface area contributed by atoms with Crippen molar-refractivity contribution in [3.05, 3.63) is 35.3 Å². The molecule has 0 saturated heterocycles. The Labute approximate surface area is 91.7 Å². The van der Waals surface area contributed by atoms with Crippen LogP contribution < -0.4 is 0 Å². The molecule has 2 aromatic rings. The Morgan fingerprint density at radius 2 is 2.40 bits per heavy atom. The summed E-state index contributed by atoms with van der Waals surface area (Å²) in [5, 5.41) is 1.98. The maximum Gasteiger partial charge on any atom is 0.340 e. The number of rotatable bonds is 3. The van der Waals surface area contributed by atoms with Gasteiger partial charge in [-0.05, 0) is 24.4 Å². The number of carbonyl (C=O) groups is 1. The van der Waals surface area contributed by atoms with Crippen LogP contribution in [0.15, 0.2) is 29.8 Å². The van der Waals surface area contributed by atoms with E-state index in [1.165, 1.54) is 0 Å². The summed E-state index contributed by atoms with van der Waals surface area (Å²) in [6.45, 7) is 2.20. The minimum absolute atomic E-state index is 0.276. The van der Waals surface area contributed by atoms with Crippen molar-refractivity contribution in [3.8, 4) is 10.6 Å². The molecule has 0 aliphatic heterocycles. The van der Waals surface area contributed by atoms with Crippen LogP contribution in [-0.2, 0) is 4.74 Å². The van der Waals surface area contributed by atoms with Gasteiger partial charge in [0, 0.05) is 6.20 Å². The summed E-state index contributed by atoms with van der Waals surface area (Å²) in [6, 6.07) is 5.67. The lowest BCUT2D eigenvalue weighted by Gasteiger charge is -2.01. The Morgan fingerprint density at radius 1 is 1.53 bits per heavy atom. The summed E-state index contributed by atoms with van der Waals surface area (Å²) in [7, 11) is 0. The van der Waals surface area contributed by atoms with Gasteiger partial charge in [-0.2, -0.15) is 0 Å². The molecule has 78 valence electrons. The van der Waals surface area contributed by atoms with Gasteiger partial charge in [0.25, 0.3) is 0 Å². The summed E-state index contributed by atoms with van der Waals surface area (Å²) in [5.41, 5.74) is 1.43. The highest BCUT2D eigenvalue weighted by Crippen LogP contribution is 2.26. The standard InChI is InChI=1S/C11H11NO2S/c1-2-14-11(13)8-5-6-12-10(8)9-4-3-7-15-9/h3-7,12H,2H2,1H3. The van der Waals surface area contributed by atoms with E-state index in [1.54, 1.807) is 30.5 Å². The molecule has 2 rings (SSSR count). The molecule has 0 spiro atoms. The fourth-order valence-corrected chi connectivity index (χ4v) is 2.12. The topological polar surface area (TPSA) is 42.1 Å². The second-order valence-electron chi connectivity index (χ2n) is 2.96. The number of H-pyrrole nitrogens is 1. The van der Waals surface area contributed by atoms with E-state index in [9.17, 15) is 4.79 Å². The summed E-state index contributed by atoms with van der Waals surface area (Å²) in [6.07, 6.45) is 1.75. The van der Waals surface area contributed by atoms with Crippen LogP contribution in [-0.4, -0.2) is 17.6 Å². The van der Waals surface area contributed by atoms with E-state index in [0.29, 0.717) is 12.2 Å². The summed E-state index contributed by atoms with van der Waals surface area (Å²) in [5.74, 6) is -0.276. The zero-order valence-corrected chi connectivity index (χ0v) is 9.14. The number of aromatic nitrogens is 1. The number of hydrogen-bond donors (Lipinski definition) is 1. The lowest BCUT2D eigenvalue weighted by Crippen LogP contribution is -2.04. The van der Waals surface area contributed by atoms with Crippen molar-refractivity contribution in [3.63, 3.8) is 0 Å². The smallest absolute Gasteiger partial charge is 0.340 e. The van der Waals surface area contributed by atoms with Crippen molar-refractivity contribution < 1.29 is 9.53 Å². The molecule has 3 nitrogen and oxygen atoms in total. The Kier molecular flexibility index (Phi) is 2.87. The quantitative estimate of drug-likeness (QED) is 0.810. The molecule has 0 radical (unpaired) electrons. The van der Waals surface area contributed by atoms with E-state index < -0.39 is 0 Å². The molecular weight excluding hydrogens is 210 g/mol. The van der Waals surface area contributed by atoms with E-state index >= 15 is 0 Å². The first-order valence-corrected chi connectivity index (χ1v) is 5.59. The number of hydrogen-bond acceptors (Lipinski definition) is 3. The first-order valence-electron chi connectivity index (χ1n) is 4.71. The monoisotopic (exact) mass is 221 g/mol. The van der Waals surface area contributed by atoms with Crippen LogP contribution in [0.2, 0.25) is 0 Å². The normalized spacial score (nSPS) is 10.2. The zero-order valence-electron chi connectivity index (χ0n) is 8.32. The largest absolute Gasteiger partial charge is 0.462 e. The van der Waals surface area contributed by atoms with Gasteiger partial charge in [0.1, 0.15) is 0 Å². The summed E-state index contributed by atoms with van der Waals surface area (Å²) < 4.78 is 4.97. The molecule has 0 unspecified atom stereocenters. The number of nitrogens with one attached hydrogen (secondary N) is 1. The van der Waals surface area contributed by atoms with Crippen LogP contribution in [0.1, 0.15) is 17.3 Å². The van der Waals surface area contributed by atoms with Gasteiger partial charge in [-0.3, -0.25) is 0 Å². The Balaban J connectivity index is 2.34. The lowest BCUT2D eigenvalue weighted by molar-refractivity contribution is 0.0527. The first-order chi connectivity index (χ1) is 7.33. The average Bonchev–Trinajstić information content (AvgIpc) is 2.88. The number of thiophene rings is 1. The fraction of sp³-hybridized carbons (Fsp3) is 0.182. The molecule has 0 aromatic carbocycles. The molecule has 4 heteroatoms. The minimum Gasteiger partial charge on any atom is -0.462 e. The van der Waals surface area contributed by atoms with Gasteiger partial charge in [0.2, 0.25) is 0 Å². The Hall–Kier alpha value is -1.55. The maximum absolute atomic E-state index is 11.6. The number of aromatic amines is 1. The van der Waals surface area contributed by atoms with E-state index in [4.69, 9.17) is 4.74 Å². The van der Waals surface area contributed by atoms with Crippen molar-refractivity contribution >= 4 is 17.3 Å².